The number of phenolic OH excluding ortho intramolecular Hbond substituents is 2. The Bertz CT molecular complexity index is 777. The third kappa shape index (κ3) is 3.24. The van der Waals surface area contributed by atoms with Crippen molar-refractivity contribution in [3.8, 4) is 34.3 Å². The molecule has 2 aromatic rings. The lowest BCUT2D eigenvalue weighted by atomic mass is 10.1. The largest absolute Gasteiger partial charge is 0.508 e. The standard InChI is InChI=1S/C15H12O6/c16-10-2-1-3-12(18)14(20)15(21-7-6-10)9-4-5-11(17)13(19)8-9/h1-8,16-17,19-20H. The number of hydrogen-bond donors (Lipinski definition) is 4. The Morgan fingerprint density at radius 2 is 1.62 bits per heavy atom. The van der Waals surface area contributed by atoms with E-state index in [2.05, 4.69) is 0 Å². The molecule has 0 aliphatic carbocycles. The highest BCUT2D eigenvalue weighted by atomic mass is 16.4. The van der Waals surface area contributed by atoms with Gasteiger partial charge in [-0.25, -0.2) is 0 Å². The summed E-state index contributed by atoms with van der Waals surface area (Å²) in [4.78, 5) is 11.8. The van der Waals surface area contributed by atoms with E-state index in [9.17, 15) is 25.2 Å². The van der Waals surface area contributed by atoms with E-state index in [0.717, 1.165) is 18.4 Å². The van der Waals surface area contributed by atoms with Crippen molar-refractivity contribution in [2.24, 2.45) is 0 Å². The average molecular weight is 288 g/mol. The predicted octanol–water partition coefficient (Wildman–Crippen LogP) is 2.25. The molecule has 4 N–H and O–H groups in total. The fourth-order valence-electron chi connectivity index (χ4n) is 1.58. The quantitative estimate of drug-likeness (QED) is 0.599. The second-order valence-corrected chi connectivity index (χ2v) is 4.12. The van der Waals surface area contributed by atoms with Gasteiger partial charge in [0, 0.05) is 11.6 Å². The van der Waals surface area contributed by atoms with Crippen LogP contribution in [0.3, 0.4) is 0 Å². The Morgan fingerprint density at radius 1 is 0.857 bits per heavy atom. The van der Waals surface area contributed by atoms with Crippen LogP contribution in [0.25, 0.3) is 11.3 Å². The first-order valence-electron chi connectivity index (χ1n) is 5.89. The number of rotatable bonds is 1. The first kappa shape index (κ1) is 14.3. The van der Waals surface area contributed by atoms with Crippen LogP contribution in [0, 0.1) is 0 Å². The van der Waals surface area contributed by atoms with Crippen LogP contribution in [0.2, 0.25) is 0 Å². The van der Waals surface area contributed by atoms with Crippen LogP contribution >= 0.6 is 0 Å². The van der Waals surface area contributed by atoms with Gasteiger partial charge in [0.05, 0.1) is 6.26 Å². The molecule has 0 atom stereocenters. The highest BCUT2D eigenvalue weighted by molar-refractivity contribution is 5.66. The third-order valence-corrected chi connectivity index (χ3v) is 2.63. The molecule has 0 aliphatic rings. The van der Waals surface area contributed by atoms with E-state index in [1.165, 1.54) is 30.3 Å². The van der Waals surface area contributed by atoms with Crippen molar-refractivity contribution in [1.82, 2.24) is 0 Å². The van der Waals surface area contributed by atoms with Crippen molar-refractivity contribution in [2.75, 3.05) is 0 Å². The second-order valence-electron chi connectivity index (χ2n) is 4.12. The molecule has 6 nitrogen and oxygen atoms in total. The van der Waals surface area contributed by atoms with Crippen molar-refractivity contribution in [3.63, 3.8) is 0 Å². The summed E-state index contributed by atoms with van der Waals surface area (Å²) in [5.74, 6) is -1.81. The molecule has 0 saturated heterocycles. The third-order valence-electron chi connectivity index (χ3n) is 2.63. The van der Waals surface area contributed by atoms with Gasteiger partial charge in [0.15, 0.2) is 17.3 Å². The van der Waals surface area contributed by atoms with Crippen LogP contribution in [0.5, 0.6) is 23.0 Å². The van der Waals surface area contributed by atoms with Crippen LogP contribution in [0.15, 0.2) is 57.9 Å². The van der Waals surface area contributed by atoms with E-state index >= 15 is 0 Å². The molecule has 0 amide bonds. The van der Waals surface area contributed by atoms with Gasteiger partial charge >= 0.3 is 0 Å². The lowest BCUT2D eigenvalue weighted by molar-refractivity contribution is 0.403. The fraction of sp³-hybridized carbons (Fsp3) is 0. The molecule has 0 spiro atoms. The Hall–Kier alpha value is -3.15. The maximum absolute atomic E-state index is 11.8. The molecule has 0 radical (unpaired) electrons. The molecule has 0 bridgehead atoms. The Morgan fingerprint density at radius 3 is 2.33 bits per heavy atom. The molecule has 1 aromatic carbocycles. The van der Waals surface area contributed by atoms with Crippen molar-refractivity contribution in [2.45, 2.75) is 0 Å². The Balaban J connectivity index is 2.77. The van der Waals surface area contributed by atoms with Gasteiger partial charge < -0.3 is 24.8 Å². The normalized spacial score (nSPS) is 9.90. The van der Waals surface area contributed by atoms with Gasteiger partial charge in [-0.2, -0.15) is 0 Å². The van der Waals surface area contributed by atoms with Gasteiger partial charge in [-0.15, -0.1) is 0 Å². The van der Waals surface area contributed by atoms with Gasteiger partial charge in [0.2, 0.25) is 11.2 Å². The van der Waals surface area contributed by atoms with Crippen molar-refractivity contribution in [1.29, 1.82) is 0 Å². The molecule has 0 unspecified atom stereocenters. The summed E-state index contributed by atoms with van der Waals surface area (Å²) < 4.78 is 5.15. The van der Waals surface area contributed by atoms with E-state index in [1.807, 2.05) is 0 Å². The van der Waals surface area contributed by atoms with Crippen molar-refractivity contribution < 1.29 is 24.8 Å². The zero-order valence-electron chi connectivity index (χ0n) is 10.7. The van der Waals surface area contributed by atoms with E-state index in [0.29, 0.717) is 0 Å². The van der Waals surface area contributed by atoms with E-state index in [1.54, 1.807) is 0 Å². The molecule has 0 fully saturated rings. The summed E-state index contributed by atoms with van der Waals surface area (Å²) >= 11 is 0. The Kier molecular flexibility index (Phi) is 3.99. The highest BCUT2D eigenvalue weighted by Crippen LogP contribution is 2.32. The van der Waals surface area contributed by atoms with Crippen LogP contribution in [-0.4, -0.2) is 20.4 Å². The minimum Gasteiger partial charge on any atom is -0.508 e. The van der Waals surface area contributed by atoms with Crippen molar-refractivity contribution in [3.05, 3.63) is 59.0 Å². The molecule has 0 aliphatic heterocycles. The van der Waals surface area contributed by atoms with Crippen LogP contribution in [0.1, 0.15) is 0 Å². The minimum absolute atomic E-state index is 0.145. The summed E-state index contributed by atoms with van der Waals surface area (Å²) in [6, 6.07) is 8.47. The minimum atomic E-state index is -0.739. The number of phenols is 2. The highest BCUT2D eigenvalue weighted by Gasteiger charge is 2.10. The van der Waals surface area contributed by atoms with Gasteiger partial charge in [0.1, 0.15) is 5.75 Å². The topological polar surface area (TPSA) is 111 Å². The molecular weight excluding hydrogens is 276 g/mol. The number of benzene rings is 1. The van der Waals surface area contributed by atoms with Crippen LogP contribution < -0.4 is 5.43 Å². The fourth-order valence-corrected chi connectivity index (χ4v) is 1.58. The van der Waals surface area contributed by atoms with Gasteiger partial charge in [-0.1, -0.05) is 6.07 Å². The van der Waals surface area contributed by atoms with Crippen molar-refractivity contribution >= 4 is 0 Å². The van der Waals surface area contributed by atoms with Crippen LogP contribution in [-0.2, 0) is 0 Å². The Labute approximate surface area is 119 Å². The van der Waals surface area contributed by atoms with E-state index in [4.69, 9.17) is 4.42 Å². The molecular formula is C15H12O6. The number of aromatic hydroxyl groups is 4. The summed E-state index contributed by atoms with van der Waals surface area (Å²) in [6.45, 7) is 0. The maximum atomic E-state index is 11.8. The summed E-state index contributed by atoms with van der Waals surface area (Å²) in [5.41, 5.74) is -0.560. The molecule has 21 heavy (non-hydrogen) atoms. The molecule has 6 heteroatoms. The molecule has 2 rings (SSSR count). The second kappa shape index (κ2) is 5.87. The van der Waals surface area contributed by atoms with Gasteiger partial charge in [-0.05, 0) is 30.3 Å². The molecule has 1 aromatic heterocycles. The monoisotopic (exact) mass is 288 g/mol. The zero-order chi connectivity index (χ0) is 15.4. The smallest absolute Gasteiger partial charge is 0.224 e. The van der Waals surface area contributed by atoms with Gasteiger partial charge in [-0.3, -0.25) is 4.79 Å². The van der Waals surface area contributed by atoms with Crippen LogP contribution in [0.4, 0.5) is 0 Å². The average Bonchev–Trinajstić information content (AvgIpc) is 2.45. The van der Waals surface area contributed by atoms with E-state index < -0.39 is 16.9 Å². The predicted molar refractivity (Wildman–Crippen MR) is 74.7 cm³/mol. The first-order valence-corrected chi connectivity index (χ1v) is 5.89. The molecule has 108 valence electrons. The van der Waals surface area contributed by atoms with Gasteiger partial charge in [0.25, 0.3) is 0 Å². The summed E-state index contributed by atoms with van der Waals surface area (Å²) in [6.07, 6.45) is 1.08. The lowest BCUT2D eigenvalue weighted by Gasteiger charge is -2.03. The number of hydrogen-bond acceptors (Lipinski definition) is 6. The molecule has 1 heterocycles. The lowest BCUT2D eigenvalue weighted by Crippen LogP contribution is -1.95. The SMILES string of the molecule is O=c1cccc(O)ccoc(-c2ccc(O)c(O)c2)c1O. The zero-order valence-corrected chi connectivity index (χ0v) is 10.7. The summed E-state index contributed by atoms with van der Waals surface area (Å²) in [7, 11) is 0. The maximum Gasteiger partial charge on any atom is 0.224 e. The molecule has 0 saturated carbocycles. The first-order chi connectivity index (χ1) is 9.99. The van der Waals surface area contributed by atoms with E-state index in [-0.39, 0.29) is 22.8 Å². The summed E-state index contributed by atoms with van der Waals surface area (Å²) in [5, 5.41) is 38.1.